The van der Waals surface area contributed by atoms with Crippen LogP contribution in [0.5, 0.6) is 17.2 Å². The van der Waals surface area contributed by atoms with Gasteiger partial charge < -0.3 is 19.5 Å². The van der Waals surface area contributed by atoms with Gasteiger partial charge in [-0.3, -0.25) is 9.00 Å². The van der Waals surface area contributed by atoms with Crippen LogP contribution in [0.2, 0.25) is 0 Å². The maximum Gasteiger partial charge on any atom is 0.257 e. The molecular formula is C21H21N3O5S. The fourth-order valence-corrected chi connectivity index (χ4v) is 4.67. The van der Waals surface area contributed by atoms with E-state index in [9.17, 15) is 9.00 Å². The fraction of sp³-hybridized carbons (Fsp3) is 0.238. The highest BCUT2D eigenvalue weighted by Crippen LogP contribution is 2.39. The van der Waals surface area contributed by atoms with Crippen LogP contribution in [0.25, 0.3) is 5.69 Å². The van der Waals surface area contributed by atoms with Gasteiger partial charge in [-0.1, -0.05) is 18.2 Å². The van der Waals surface area contributed by atoms with Crippen molar-refractivity contribution < 1.29 is 23.2 Å². The Morgan fingerprint density at radius 2 is 1.70 bits per heavy atom. The van der Waals surface area contributed by atoms with E-state index >= 15 is 0 Å². The van der Waals surface area contributed by atoms with E-state index in [1.54, 1.807) is 16.8 Å². The molecule has 1 aliphatic rings. The molecule has 0 radical (unpaired) electrons. The number of para-hydroxylation sites is 1. The molecule has 4 rings (SSSR count). The first-order chi connectivity index (χ1) is 14.5. The molecule has 0 aliphatic carbocycles. The molecule has 0 fully saturated rings. The second kappa shape index (κ2) is 8.19. The quantitative estimate of drug-likeness (QED) is 0.650. The molecule has 0 bridgehead atoms. The number of rotatable bonds is 6. The van der Waals surface area contributed by atoms with E-state index < -0.39 is 10.8 Å². The molecule has 9 heteroatoms. The Labute approximate surface area is 176 Å². The van der Waals surface area contributed by atoms with Gasteiger partial charge in [-0.05, 0) is 24.3 Å². The van der Waals surface area contributed by atoms with Crippen molar-refractivity contribution in [1.82, 2.24) is 9.78 Å². The fourth-order valence-electron chi connectivity index (χ4n) is 3.40. The Hall–Kier alpha value is -3.33. The third-order valence-electron chi connectivity index (χ3n) is 4.83. The minimum absolute atomic E-state index is 0.332. The van der Waals surface area contributed by atoms with Crippen molar-refractivity contribution in [3.8, 4) is 22.9 Å². The summed E-state index contributed by atoms with van der Waals surface area (Å²) in [6.45, 7) is 0. The van der Waals surface area contributed by atoms with Crippen LogP contribution in [0, 0.1) is 0 Å². The van der Waals surface area contributed by atoms with Gasteiger partial charge in [0.25, 0.3) is 5.91 Å². The van der Waals surface area contributed by atoms with E-state index in [2.05, 4.69) is 10.4 Å². The van der Waals surface area contributed by atoms with Gasteiger partial charge in [-0.25, -0.2) is 4.68 Å². The van der Waals surface area contributed by atoms with E-state index in [1.165, 1.54) is 21.3 Å². The topological polar surface area (TPSA) is 91.7 Å². The second-order valence-electron chi connectivity index (χ2n) is 6.62. The predicted molar refractivity (Wildman–Crippen MR) is 113 cm³/mol. The Morgan fingerprint density at radius 3 is 2.30 bits per heavy atom. The van der Waals surface area contributed by atoms with Crippen molar-refractivity contribution in [3.05, 3.63) is 59.3 Å². The lowest BCUT2D eigenvalue weighted by Crippen LogP contribution is -2.17. The number of carbonyl (C=O) groups is 1. The molecule has 156 valence electrons. The molecule has 1 N–H and O–H groups in total. The molecule has 1 amide bonds. The number of fused-ring (bicyclic) bond motifs is 1. The molecule has 8 nitrogen and oxygen atoms in total. The number of aromatic nitrogens is 2. The average molecular weight is 427 g/mol. The van der Waals surface area contributed by atoms with Crippen molar-refractivity contribution in [3.63, 3.8) is 0 Å². The van der Waals surface area contributed by atoms with Crippen LogP contribution in [0.4, 0.5) is 5.82 Å². The summed E-state index contributed by atoms with van der Waals surface area (Å²) >= 11 is 0. The minimum atomic E-state index is -1.02. The number of hydrogen-bond acceptors (Lipinski definition) is 6. The molecule has 3 aromatic rings. The monoisotopic (exact) mass is 427 g/mol. The maximum absolute atomic E-state index is 13.1. The van der Waals surface area contributed by atoms with Crippen LogP contribution in [0.15, 0.2) is 42.5 Å². The normalized spacial score (nSPS) is 14.8. The van der Waals surface area contributed by atoms with E-state index in [0.717, 1.165) is 16.9 Å². The summed E-state index contributed by atoms with van der Waals surface area (Å²) in [5.41, 5.74) is 2.66. The van der Waals surface area contributed by atoms with Crippen LogP contribution >= 0.6 is 0 Å². The SMILES string of the molecule is COc1cc(C(=O)Nc2c3c(nn2-c2ccccc2)CS(=O)C3)cc(OC)c1OC. The van der Waals surface area contributed by atoms with E-state index in [1.807, 2.05) is 30.3 Å². The van der Waals surface area contributed by atoms with Crippen LogP contribution in [0.3, 0.4) is 0 Å². The van der Waals surface area contributed by atoms with Gasteiger partial charge in [-0.15, -0.1) is 0 Å². The van der Waals surface area contributed by atoms with Crippen LogP contribution in [-0.2, 0) is 22.3 Å². The maximum atomic E-state index is 13.1. The van der Waals surface area contributed by atoms with Crippen molar-refractivity contribution in [1.29, 1.82) is 0 Å². The first kappa shape index (κ1) is 20.0. The number of ether oxygens (including phenoxy) is 3. The lowest BCUT2D eigenvalue weighted by Gasteiger charge is -2.15. The highest BCUT2D eigenvalue weighted by molar-refractivity contribution is 7.83. The zero-order valence-corrected chi connectivity index (χ0v) is 17.6. The zero-order chi connectivity index (χ0) is 21.3. The minimum Gasteiger partial charge on any atom is -0.493 e. The lowest BCUT2D eigenvalue weighted by atomic mass is 10.1. The second-order valence-corrected chi connectivity index (χ2v) is 8.07. The summed E-state index contributed by atoms with van der Waals surface area (Å²) in [5, 5.41) is 7.53. The number of nitrogens with one attached hydrogen (secondary N) is 1. The van der Waals surface area contributed by atoms with Gasteiger partial charge in [0.1, 0.15) is 5.82 Å². The van der Waals surface area contributed by atoms with E-state index in [0.29, 0.717) is 40.1 Å². The molecule has 30 heavy (non-hydrogen) atoms. The Kier molecular flexibility index (Phi) is 5.45. The number of amides is 1. The van der Waals surface area contributed by atoms with Gasteiger partial charge in [-0.2, -0.15) is 5.10 Å². The largest absolute Gasteiger partial charge is 0.493 e. The van der Waals surface area contributed by atoms with Crippen molar-refractivity contribution >= 4 is 22.5 Å². The smallest absolute Gasteiger partial charge is 0.257 e. The molecule has 2 heterocycles. The summed E-state index contributed by atoms with van der Waals surface area (Å²) in [6, 6.07) is 12.7. The first-order valence-corrected chi connectivity index (χ1v) is 10.7. The van der Waals surface area contributed by atoms with E-state index in [4.69, 9.17) is 14.2 Å². The zero-order valence-electron chi connectivity index (χ0n) is 16.8. The van der Waals surface area contributed by atoms with Gasteiger partial charge in [0.2, 0.25) is 5.75 Å². The number of carbonyl (C=O) groups excluding carboxylic acids is 1. The summed E-state index contributed by atoms with van der Waals surface area (Å²) in [5.74, 6) is 2.04. The third kappa shape index (κ3) is 3.52. The van der Waals surface area contributed by atoms with Gasteiger partial charge in [0.15, 0.2) is 11.5 Å². The van der Waals surface area contributed by atoms with Gasteiger partial charge >= 0.3 is 0 Å². The summed E-state index contributed by atoms with van der Waals surface area (Å²) in [6.07, 6.45) is 0. The molecule has 1 unspecified atom stereocenters. The summed E-state index contributed by atoms with van der Waals surface area (Å²) in [7, 11) is 3.46. The molecule has 0 saturated heterocycles. The number of methoxy groups -OCH3 is 3. The Balaban J connectivity index is 1.75. The molecule has 0 spiro atoms. The van der Waals surface area contributed by atoms with Crippen LogP contribution in [0.1, 0.15) is 21.6 Å². The molecule has 1 aliphatic heterocycles. The predicted octanol–water partition coefficient (Wildman–Crippen LogP) is 2.91. The number of hydrogen-bond donors (Lipinski definition) is 1. The number of nitrogens with zero attached hydrogens (tertiary/aromatic N) is 2. The number of benzene rings is 2. The highest BCUT2D eigenvalue weighted by Gasteiger charge is 2.29. The standard InChI is InChI=1S/C21H21N3O5S/c1-27-17-9-13(10-18(28-2)19(17)29-3)21(25)22-20-15-11-30(26)12-16(15)23-24(20)14-7-5-4-6-8-14/h4-10H,11-12H2,1-3H3,(H,22,25). The third-order valence-corrected chi connectivity index (χ3v) is 6.04. The molecular weight excluding hydrogens is 406 g/mol. The average Bonchev–Trinajstić information content (AvgIpc) is 3.29. The van der Waals surface area contributed by atoms with Crippen LogP contribution < -0.4 is 19.5 Å². The Morgan fingerprint density at radius 1 is 1.03 bits per heavy atom. The Bertz CT molecular complexity index is 1100. The lowest BCUT2D eigenvalue weighted by molar-refractivity contribution is 0.102. The van der Waals surface area contributed by atoms with Gasteiger partial charge in [0, 0.05) is 21.9 Å². The van der Waals surface area contributed by atoms with Crippen molar-refractivity contribution in [2.45, 2.75) is 11.5 Å². The van der Waals surface area contributed by atoms with Crippen molar-refractivity contribution in [2.24, 2.45) is 0 Å². The highest BCUT2D eigenvalue weighted by atomic mass is 32.2. The number of anilines is 1. The molecule has 0 saturated carbocycles. The molecule has 1 aromatic heterocycles. The van der Waals surface area contributed by atoms with E-state index in [-0.39, 0.29) is 5.91 Å². The van der Waals surface area contributed by atoms with Gasteiger partial charge in [0.05, 0.1) is 44.2 Å². The molecule has 1 atom stereocenters. The van der Waals surface area contributed by atoms with Crippen molar-refractivity contribution in [2.75, 3.05) is 26.6 Å². The summed E-state index contributed by atoms with van der Waals surface area (Å²) < 4.78 is 29.7. The first-order valence-electron chi connectivity index (χ1n) is 9.18. The molecule has 2 aromatic carbocycles. The summed E-state index contributed by atoms with van der Waals surface area (Å²) in [4.78, 5) is 13.1. The van der Waals surface area contributed by atoms with Crippen LogP contribution in [-0.4, -0.2) is 41.2 Å².